The summed E-state index contributed by atoms with van der Waals surface area (Å²) in [4.78, 5) is 4.33. The number of anilines is 2. The third kappa shape index (κ3) is 3.58. The van der Waals surface area contributed by atoms with Crippen LogP contribution in [0.2, 0.25) is 0 Å². The van der Waals surface area contributed by atoms with Gasteiger partial charge in [0.2, 0.25) is 0 Å². The second-order valence-electron chi connectivity index (χ2n) is 4.59. The summed E-state index contributed by atoms with van der Waals surface area (Å²) in [6.07, 6.45) is 5.09. The lowest BCUT2D eigenvalue weighted by Crippen LogP contribution is -2.06. The number of fused-ring (bicyclic) bond motifs is 1. The zero-order valence-corrected chi connectivity index (χ0v) is 11.4. The van der Waals surface area contributed by atoms with E-state index < -0.39 is 0 Å². The Morgan fingerprint density at radius 2 is 2.05 bits per heavy atom. The van der Waals surface area contributed by atoms with Crippen LogP contribution in [0.15, 0.2) is 30.5 Å². The number of nitrogens with zero attached hydrogens (tertiary/aromatic N) is 1. The van der Waals surface area contributed by atoms with Gasteiger partial charge in [-0.1, -0.05) is 18.2 Å². The van der Waals surface area contributed by atoms with Crippen molar-refractivity contribution < 1.29 is 4.74 Å². The van der Waals surface area contributed by atoms with Gasteiger partial charge in [0, 0.05) is 25.6 Å². The maximum atomic E-state index is 6.00. The van der Waals surface area contributed by atoms with E-state index in [1.807, 2.05) is 24.3 Å². The van der Waals surface area contributed by atoms with Crippen molar-refractivity contribution in [3.8, 4) is 0 Å². The van der Waals surface area contributed by atoms with Crippen LogP contribution < -0.4 is 11.1 Å². The highest BCUT2D eigenvalue weighted by Crippen LogP contribution is 2.27. The number of methoxy groups -OCH3 is 1. The zero-order valence-electron chi connectivity index (χ0n) is 11.4. The molecular formula is C15H21N3O. The van der Waals surface area contributed by atoms with Crippen LogP contribution in [0.1, 0.15) is 19.3 Å². The molecule has 0 aliphatic rings. The molecule has 1 aromatic carbocycles. The van der Waals surface area contributed by atoms with Crippen LogP contribution in [0.5, 0.6) is 0 Å². The minimum atomic E-state index is 0.704. The number of unbranched alkanes of at least 4 members (excludes halogenated alkanes) is 2. The van der Waals surface area contributed by atoms with Crippen LogP contribution in [0.25, 0.3) is 10.9 Å². The number of ether oxygens (including phenoxy) is 1. The highest BCUT2D eigenvalue weighted by Gasteiger charge is 2.05. The Bertz CT molecular complexity index is 528. The van der Waals surface area contributed by atoms with Gasteiger partial charge in [-0.15, -0.1) is 0 Å². The van der Waals surface area contributed by atoms with Crippen molar-refractivity contribution in [3.05, 3.63) is 30.5 Å². The van der Waals surface area contributed by atoms with Gasteiger partial charge in [0.05, 0.1) is 23.1 Å². The van der Waals surface area contributed by atoms with Gasteiger partial charge in [0.15, 0.2) is 0 Å². The van der Waals surface area contributed by atoms with Gasteiger partial charge in [0.25, 0.3) is 0 Å². The predicted octanol–water partition coefficient (Wildman–Crippen LogP) is 3.05. The fourth-order valence-corrected chi connectivity index (χ4v) is 2.12. The molecule has 0 saturated carbocycles. The first kappa shape index (κ1) is 13.6. The number of aromatic nitrogens is 1. The largest absolute Gasteiger partial charge is 0.396 e. The third-order valence-corrected chi connectivity index (χ3v) is 3.13. The van der Waals surface area contributed by atoms with Crippen LogP contribution in [-0.2, 0) is 4.74 Å². The second-order valence-corrected chi connectivity index (χ2v) is 4.59. The lowest BCUT2D eigenvalue weighted by atomic mass is 10.1. The van der Waals surface area contributed by atoms with Gasteiger partial charge in [0.1, 0.15) is 0 Å². The predicted molar refractivity (Wildman–Crippen MR) is 80.4 cm³/mol. The van der Waals surface area contributed by atoms with E-state index in [4.69, 9.17) is 10.5 Å². The maximum Gasteiger partial charge on any atom is 0.0743 e. The van der Waals surface area contributed by atoms with E-state index in [-0.39, 0.29) is 0 Å². The van der Waals surface area contributed by atoms with Crippen LogP contribution in [-0.4, -0.2) is 25.2 Å². The molecule has 2 aromatic rings. The first-order chi connectivity index (χ1) is 9.33. The van der Waals surface area contributed by atoms with Crippen molar-refractivity contribution in [1.29, 1.82) is 0 Å². The standard InChI is InChI=1S/C15H21N3O/c1-19-10-6-2-5-9-17-15-12-7-3-4-8-14(12)18-11-13(15)16/h3-4,7-8,11H,2,5-6,9-10,16H2,1H3,(H,17,18). The summed E-state index contributed by atoms with van der Waals surface area (Å²) in [6, 6.07) is 8.04. The molecule has 0 amide bonds. The number of pyridine rings is 1. The summed E-state index contributed by atoms with van der Waals surface area (Å²) in [6.45, 7) is 1.75. The van der Waals surface area contributed by atoms with Crippen LogP contribution in [0.3, 0.4) is 0 Å². The quantitative estimate of drug-likeness (QED) is 0.750. The average molecular weight is 259 g/mol. The Morgan fingerprint density at radius 1 is 1.21 bits per heavy atom. The summed E-state index contributed by atoms with van der Waals surface area (Å²) in [5.41, 5.74) is 8.68. The van der Waals surface area contributed by atoms with E-state index in [0.717, 1.165) is 49.0 Å². The molecule has 0 spiro atoms. The highest BCUT2D eigenvalue weighted by atomic mass is 16.5. The number of hydrogen-bond donors (Lipinski definition) is 2. The summed E-state index contributed by atoms with van der Waals surface area (Å²) in [7, 11) is 1.74. The second kappa shape index (κ2) is 6.95. The van der Waals surface area contributed by atoms with Crippen LogP contribution in [0.4, 0.5) is 11.4 Å². The van der Waals surface area contributed by atoms with Crippen molar-refractivity contribution in [2.45, 2.75) is 19.3 Å². The van der Waals surface area contributed by atoms with Gasteiger partial charge >= 0.3 is 0 Å². The van der Waals surface area contributed by atoms with Gasteiger partial charge in [-0.25, -0.2) is 0 Å². The Morgan fingerprint density at radius 3 is 2.89 bits per heavy atom. The van der Waals surface area contributed by atoms with Crippen LogP contribution >= 0.6 is 0 Å². The molecule has 0 atom stereocenters. The minimum absolute atomic E-state index is 0.704. The molecule has 0 aliphatic carbocycles. The topological polar surface area (TPSA) is 60.2 Å². The fourth-order valence-electron chi connectivity index (χ4n) is 2.12. The number of nitrogens with two attached hydrogens (primary N) is 1. The number of nitrogen functional groups attached to an aromatic ring is 1. The zero-order chi connectivity index (χ0) is 13.5. The molecule has 2 rings (SSSR count). The van der Waals surface area contributed by atoms with Gasteiger partial charge in [-0.05, 0) is 25.3 Å². The normalized spacial score (nSPS) is 10.8. The summed E-state index contributed by atoms with van der Waals surface area (Å²) in [5.74, 6) is 0. The molecular weight excluding hydrogens is 238 g/mol. The molecule has 0 bridgehead atoms. The van der Waals surface area contributed by atoms with Crippen molar-refractivity contribution in [3.63, 3.8) is 0 Å². The van der Waals surface area contributed by atoms with E-state index in [1.54, 1.807) is 13.3 Å². The molecule has 4 nitrogen and oxygen atoms in total. The molecule has 0 radical (unpaired) electrons. The highest BCUT2D eigenvalue weighted by molar-refractivity contribution is 5.96. The Kier molecular flexibility index (Phi) is 4.98. The third-order valence-electron chi connectivity index (χ3n) is 3.13. The molecule has 0 fully saturated rings. The fraction of sp³-hybridized carbons (Fsp3) is 0.400. The van der Waals surface area contributed by atoms with Crippen molar-refractivity contribution >= 4 is 22.3 Å². The first-order valence-corrected chi connectivity index (χ1v) is 6.69. The molecule has 4 heteroatoms. The minimum Gasteiger partial charge on any atom is -0.396 e. The SMILES string of the molecule is COCCCCCNc1c(N)cnc2ccccc12. The van der Waals surface area contributed by atoms with Gasteiger partial charge in [-0.2, -0.15) is 0 Å². The summed E-state index contributed by atoms with van der Waals surface area (Å²) >= 11 is 0. The number of benzene rings is 1. The summed E-state index contributed by atoms with van der Waals surface area (Å²) in [5, 5.41) is 4.51. The molecule has 0 saturated heterocycles. The van der Waals surface area contributed by atoms with E-state index in [2.05, 4.69) is 10.3 Å². The smallest absolute Gasteiger partial charge is 0.0743 e. The van der Waals surface area contributed by atoms with Gasteiger partial charge < -0.3 is 15.8 Å². The molecule has 19 heavy (non-hydrogen) atoms. The monoisotopic (exact) mass is 259 g/mol. The number of hydrogen-bond acceptors (Lipinski definition) is 4. The van der Waals surface area contributed by atoms with E-state index >= 15 is 0 Å². The number of para-hydroxylation sites is 1. The lowest BCUT2D eigenvalue weighted by molar-refractivity contribution is 0.192. The Labute approximate surface area is 114 Å². The summed E-state index contributed by atoms with van der Waals surface area (Å²) < 4.78 is 5.03. The molecule has 102 valence electrons. The molecule has 3 N–H and O–H groups in total. The van der Waals surface area contributed by atoms with E-state index in [1.165, 1.54) is 0 Å². The molecule has 1 aromatic heterocycles. The molecule has 0 unspecified atom stereocenters. The van der Waals surface area contributed by atoms with Gasteiger partial charge in [-0.3, -0.25) is 4.98 Å². The van der Waals surface area contributed by atoms with Crippen molar-refractivity contribution in [2.24, 2.45) is 0 Å². The molecule has 0 aliphatic heterocycles. The van der Waals surface area contributed by atoms with E-state index in [9.17, 15) is 0 Å². The van der Waals surface area contributed by atoms with Crippen molar-refractivity contribution in [2.75, 3.05) is 31.3 Å². The maximum absolute atomic E-state index is 6.00. The van der Waals surface area contributed by atoms with E-state index in [0.29, 0.717) is 5.69 Å². The van der Waals surface area contributed by atoms with Crippen molar-refractivity contribution in [1.82, 2.24) is 4.98 Å². The Hall–Kier alpha value is -1.81. The molecule has 1 heterocycles. The number of rotatable bonds is 7. The average Bonchev–Trinajstić information content (AvgIpc) is 2.44. The first-order valence-electron chi connectivity index (χ1n) is 6.69. The lowest BCUT2D eigenvalue weighted by Gasteiger charge is -2.12. The van der Waals surface area contributed by atoms with Crippen LogP contribution in [0, 0.1) is 0 Å². The number of nitrogens with one attached hydrogen (secondary N) is 1. The Balaban J connectivity index is 1.98.